The van der Waals surface area contributed by atoms with Crippen molar-refractivity contribution in [2.75, 3.05) is 11.9 Å². The van der Waals surface area contributed by atoms with Crippen molar-refractivity contribution in [2.24, 2.45) is 5.73 Å². The molecule has 1 aromatic carbocycles. The molecule has 0 atom stereocenters. The highest BCUT2D eigenvalue weighted by Crippen LogP contribution is 2.22. The number of benzene rings is 1. The van der Waals surface area contributed by atoms with Crippen molar-refractivity contribution in [3.8, 4) is 0 Å². The van der Waals surface area contributed by atoms with E-state index in [-0.39, 0.29) is 0 Å². The van der Waals surface area contributed by atoms with Crippen LogP contribution < -0.4 is 10.6 Å². The van der Waals surface area contributed by atoms with Gasteiger partial charge in [0.1, 0.15) is 0 Å². The van der Waals surface area contributed by atoms with Gasteiger partial charge >= 0.3 is 0 Å². The molecule has 18 heavy (non-hydrogen) atoms. The zero-order valence-electron chi connectivity index (χ0n) is 11.1. The van der Waals surface area contributed by atoms with Gasteiger partial charge in [-0.1, -0.05) is 12.1 Å². The minimum absolute atomic E-state index is 0.593. The first kappa shape index (κ1) is 13.1. The van der Waals surface area contributed by atoms with E-state index in [2.05, 4.69) is 47.4 Å². The summed E-state index contributed by atoms with van der Waals surface area (Å²) in [5, 5.41) is 3.24. The summed E-state index contributed by atoms with van der Waals surface area (Å²) < 4.78 is 0. The van der Waals surface area contributed by atoms with Gasteiger partial charge in [0.25, 0.3) is 0 Å². The second kappa shape index (κ2) is 5.50. The molecule has 0 fully saturated rings. The Kier molecular flexibility index (Phi) is 3.99. The molecule has 0 aliphatic rings. The molecule has 0 saturated heterocycles. The number of aryl methyl sites for hydroxylation is 2. The number of hydrogen-bond donors (Lipinski definition) is 1. The van der Waals surface area contributed by atoms with E-state index in [9.17, 15) is 0 Å². The second-order valence-electron chi connectivity index (χ2n) is 4.54. The Morgan fingerprint density at radius 2 is 2.11 bits per heavy atom. The predicted octanol–water partition coefficient (Wildman–Crippen LogP) is 2.86. The number of anilines is 1. The summed E-state index contributed by atoms with van der Waals surface area (Å²) in [5.41, 5.74) is 10.4. The van der Waals surface area contributed by atoms with E-state index in [4.69, 9.17) is 5.73 Å². The fourth-order valence-corrected chi connectivity index (χ4v) is 2.69. The van der Waals surface area contributed by atoms with Gasteiger partial charge < -0.3 is 10.6 Å². The number of nitrogens with zero attached hydrogens (tertiary/aromatic N) is 2. The van der Waals surface area contributed by atoms with Gasteiger partial charge in [-0.3, -0.25) is 0 Å². The molecule has 0 aliphatic carbocycles. The van der Waals surface area contributed by atoms with Crippen molar-refractivity contribution < 1.29 is 0 Å². The SMILES string of the molecule is Cc1nc(CN(C)c2ccc(CN)cc2C)cs1. The highest BCUT2D eigenvalue weighted by atomic mass is 32.1. The molecule has 2 aromatic rings. The van der Waals surface area contributed by atoms with E-state index in [1.165, 1.54) is 16.8 Å². The van der Waals surface area contributed by atoms with Gasteiger partial charge in [0.2, 0.25) is 0 Å². The maximum absolute atomic E-state index is 5.65. The van der Waals surface area contributed by atoms with E-state index < -0.39 is 0 Å². The summed E-state index contributed by atoms with van der Waals surface area (Å²) >= 11 is 1.70. The smallest absolute Gasteiger partial charge is 0.0898 e. The molecule has 0 saturated carbocycles. The summed E-state index contributed by atoms with van der Waals surface area (Å²) in [5.74, 6) is 0. The average molecular weight is 261 g/mol. The molecule has 0 radical (unpaired) electrons. The van der Waals surface area contributed by atoms with Gasteiger partial charge in [0.15, 0.2) is 0 Å². The number of hydrogen-bond acceptors (Lipinski definition) is 4. The first-order chi connectivity index (χ1) is 8.60. The van der Waals surface area contributed by atoms with Crippen LogP contribution in [0, 0.1) is 13.8 Å². The molecule has 96 valence electrons. The van der Waals surface area contributed by atoms with Gasteiger partial charge in [0.05, 0.1) is 17.2 Å². The topological polar surface area (TPSA) is 42.2 Å². The normalized spacial score (nSPS) is 10.7. The van der Waals surface area contributed by atoms with Crippen LogP contribution in [0.1, 0.15) is 21.8 Å². The lowest BCUT2D eigenvalue weighted by atomic mass is 10.1. The van der Waals surface area contributed by atoms with Gasteiger partial charge in [-0.2, -0.15) is 0 Å². The van der Waals surface area contributed by atoms with Crippen LogP contribution >= 0.6 is 11.3 Å². The van der Waals surface area contributed by atoms with Gasteiger partial charge in [-0.25, -0.2) is 4.98 Å². The van der Waals surface area contributed by atoms with Gasteiger partial charge in [-0.15, -0.1) is 11.3 Å². The molecule has 0 spiro atoms. The minimum Gasteiger partial charge on any atom is -0.368 e. The molecule has 3 nitrogen and oxygen atoms in total. The highest BCUT2D eigenvalue weighted by molar-refractivity contribution is 7.09. The van der Waals surface area contributed by atoms with E-state index in [0.717, 1.165) is 17.2 Å². The Morgan fingerprint density at radius 3 is 2.67 bits per heavy atom. The first-order valence-electron chi connectivity index (χ1n) is 6.02. The van der Waals surface area contributed by atoms with Crippen LogP contribution in [0.5, 0.6) is 0 Å². The molecule has 0 aliphatic heterocycles. The molecule has 1 aromatic heterocycles. The third-order valence-corrected chi connectivity index (χ3v) is 3.80. The van der Waals surface area contributed by atoms with Crippen LogP contribution in [0.2, 0.25) is 0 Å². The molecule has 1 heterocycles. The number of nitrogens with two attached hydrogens (primary N) is 1. The second-order valence-corrected chi connectivity index (χ2v) is 5.60. The van der Waals surface area contributed by atoms with Gasteiger partial charge in [0, 0.05) is 24.7 Å². The standard InChI is InChI=1S/C14H19N3S/c1-10-6-12(7-15)4-5-14(10)17(3)8-13-9-18-11(2)16-13/h4-6,9H,7-8,15H2,1-3H3. The zero-order valence-corrected chi connectivity index (χ0v) is 11.9. The Bertz CT molecular complexity index is 534. The third kappa shape index (κ3) is 2.89. The molecule has 0 bridgehead atoms. The molecule has 0 amide bonds. The third-order valence-electron chi connectivity index (χ3n) is 2.97. The van der Waals surface area contributed by atoms with Crippen molar-refractivity contribution in [2.45, 2.75) is 26.9 Å². The molecule has 2 N–H and O–H groups in total. The molecule has 2 rings (SSSR count). The predicted molar refractivity (Wildman–Crippen MR) is 78.0 cm³/mol. The molecule has 0 unspecified atom stereocenters. The fraction of sp³-hybridized carbons (Fsp3) is 0.357. The maximum Gasteiger partial charge on any atom is 0.0898 e. The number of aromatic nitrogens is 1. The van der Waals surface area contributed by atoms with Crippen molar-refractivity contribution in [1.29, 1.82) is 0 Å². The summed E-state index contributed by atoms with van der Waals surface area (Å²) in [6, 6.07) is 6.38. The lowest BCUT2D eigenvalue weighted by molar-refractivity contribution is 0.884. The van der Waals surface area contributed by atoms with Crippen LogP contribution in [0.25, 0.3) is 0 Å². The lowest BCUT2D eigenvalue weighted by Gasteiger charge is -2.21. The number of rotatable bonds is 4. The minimum atomic E-state index is 0.593. The van der Waals surface area contributed by atoms with Crippen LogP contribution in [-0.2, 0) is 13.1 Å². The van der Waals surface area contributed by atoms with Crippen molar-refractivity contribution in [3.05, 3.63) is 45.4 Å². The monoisotopic (exact) mass is 261 g/mol. The Hall–Kier alpha value is -1.39. The summed E-state index contributed by atoms with van der Waals surface area (Å²) in [6.07, 6.45) is 0. The Labute approximate surface area is 112 Å². The quantitative estimate of drug-likeness (QED) is 0.920. The number of thiazole rings is 1. The highest BCUT2D eigenvalue weighted by Gasteiger charge is 2.07. The van der Waals surface area contributed by atoms with Crippen LogP contribution in [0.15, 0.2) is 23.6 Å². The van der Waals surface area contributed by atoms with Crippen molar-refractivity contribution >= 4 is 17.0 Å². The first-order valence-corrected chi connectivity index (χ1v) is 6.90. The van der Waals surface area contributed by atoms with E-state index in [1.54, 1.807) is 11.3 Å². The van der Waals surface area contributed by atoms with Crippen LogP contribution in [0.3, 0.4) is 0 Å². The molecular formula is C14H19N3S. The Morgan fingerprint density at radius 1 is 1.33 bits per heavy atom. The van der Waals surface area contributed by atoms with Crippen LogP contribution in [-0.4, -0.2) is 12.0 Å². The van der Waals surface area contributed by atoms with Crippen molar-refractivity contribution in [3.63, 3.8) is 0 Å². The maximum atomic E-state index is 5.65. The van der Waals surface area contributed by atoms with Crippen molar-refractivity contribution in [1.82, 2.24) is 4.98 Å². The van der Waals surface area contributed by atoms with E-state index in [1.807, 2.05) is 6.92 Å². The van der Waals surface area contributed by atoms with E-state index >= 15 is 0 Å². The lowest BCUT2D eigenvalue weighted by Crippen LogP contribution is -2.17. The molecular weight excluding hydrogens is 242 g/mol. The van der Waals surface area contributed by atoms with E-state index in [0.29, 0.717) is 6.54 Å². The van der Waals surface area contributed by atoms with Crippen LogP contribution in [0.4, 0.5) is 5.69 Å². The summed E-state index contributed by atoms with van der Waals surface area (Å²) in [6.45, 7) is 5.59. The average Bonchev–Trinajstić information content (AvgIpc) is 2.74. The van der Waals surface area contributed by atoms with Gasteiger partial charge in [-0.05, 0) is 31.0 Å². The Balaban J connectivity index is 2.15. The fourth-order valence-electron chi connectivity index (χ4n) is 2.08. The summed E-state index contributed by atoms with van der Waals surface area (Å²) in [7, 11) is 2.10. The molecule has 4 heteroatoms. The largest absolute Gasteiger partial charge is 0.368 e. The zero-order chi connectivity index (χ0) is 13.1. The summed E-state index contributed by atoms with van der Waals surface area (Å²) in [4.78, 5) is 6.72.